The van der Waals surface area contributed by atoms with Gasteiger partial charge in [-0.25, -0.2) is 4.39 Å². The van der Waals surface area contributed by atoms with Crippen molar-refractivity contribution in [3.05, 3.63) is 66.0 Å². The number of nitrogens with zero attached hydrogens (tertiary/aromatic N) is 1. The van der Waals surface area contributed by atoms with Crippen molar-refractivity contribution in [2.45, 2.75) is 6.04 Å². The van der Waals surface area contributed by atoms with Crippen molar-refractivity contribution < 1.29 is 9.18 Å². The molecule has 1 unspecified atom stereocenters. The molecule has 0 bridgehead atoms. The van der Waals surface area contributed by atoms with Crippen LogP contribution in [0.4, 0.5) is 10.1 Å². The fraction of sp³-hybridized carbons (Fsp3) is 0.278. The van der Waals surface area contributed by atoms with Crippen molar-refractivity contribution in [3.8, 4) is 0 Å². The molecule has 1 heterocycles. The first kappa shape index (κ1) is 18.4. The lowest BCUT2D eigenvalue weighted by Gasteiger charge is -2.36. The number of anilines is 1. The van der Waals surface area contributed by atoms with Crippen molar-refractivity contribution in [2.75, 3.05) is 31.5 Å². The van der Waals surface area contributed by atoms with Gasteiger partial charge in [-0.1, -0.05) is 30.3 Å². The van der Waals surface area contributed by atoms with Crippen molar-refractivity contribution >= 4 is 24.0 Å². The Hall–Kier alpha value is -1.95. The Morgan fingerprint density at radius 3 is 2.75 bits per heavy atom. The second kappa shape index (κ2) is 8.78. The molecule has 0 saturated carbocycles. The van der Waals surface area contributed by atoms with Crippen LogP contribution in [0, 0.1) is 5.82 Å². The average Bonchev–Trinajstić information content (AvgIpc) is 2.56. The molecular formula is C18H21ClFN3O. The number of hydrogen-bond donors (Lipinski definition) is 2. The molecule has 2 aromatic carbocycles. The van der Waals surface area contributed by atoms with Crippen LogP contribution in [0.1, 0.15) is 11.6 Å². The quantitative estimate of drug-likeness (QED) is 0.892. The van der Waals surface area contributed by atoms with Crippen LogP contribution >= 0.6 is 12.4 Å². The maximum absolute atomic E-state index is 13.5. The summed E-state index contributed by atoms with van der Waals surface area (Å²) in [4.78, 5) is 14.4. The molecule has 0 spiro atoms. The summed E-state index contributed by atoms with van der Waals surface area (Å²) in [6.07, 6.45) is 0. The molecule has 3 rings (SSSR count). The highest BCUT2D eigenvalue weighted by Crippen LogP contribution is 2.22. The molecule has 1 fully saturated rings. The first-order valence-corrected chi connectivity index (χ1v) is 7.77. The van der Waals surface area contributed by atoms with Gasteiger partial charge in [0.15, 0.2) is 0 Å². The first-order valence-electron chi connectivity index (χ1n) is 7.77. The fourth-order valence-corrected chi connectivity index (χ4v) is 2.88. The van der Waals surface area contributed by atoms with Crippen LogP contribution in [0.3, 0.4) is 0 Å². The highest BCUT2D eigenvalue weighted by atomic mass is 35.5. The minimum Gasteiger partial charge on any atom is -0.325 e. The second-order valence-corrected chi connectivity index (χ2v) is 5.66. The third-order valence-electron chi connectivity index (χ3n) is 3.99. The number of carbonyl (C=O) groups excluding carboxylic acids is 1. The molecule has 1 atom stereocenters. The number of hydrogen-bond acceptors (Lipinski definition) is 3. The smallest absolute Gasteiger partial charge is 0.238 e. The van der Waals surface area contributed by atoms with Crippen molar-refractivity contribution in [2.24, 2.45) is 0 Å². The summed E-state index contributed by atoms with van der Waals surface area (Å²) in [7, 11) is 0. The van der Waals surface area contributed by atoms with Crippen LogP contribution in [0.25, 0.3) is 0 Å². The van der Waals surface area contributed by atoms with Gasteiger partial charge in [0, 0.05) is 31.4 Å². The van der Waals surface area contributed by atoms with Crippen LogP contribution in [-0.4, -0.2) is 37.0 Å². The predicted octanol–water partition coefficient (Wildman–Crippen LogP) is 2.83. The van der Waals surface area contributed by atoms with E-state index < -0.39 is 0 Å². The largest absolute Gasteiger partial charge is 0.325 e. The van der Waals surface area contributed by atoms with Gasteiger partial charge in [-0.15, -0.1) is 12.4 Å². The zero-order chi connectivity index (χ0) is 16.1. The molecule has 24 heavy (non-hydrogen) atoms. The number of amides is 1. The number of rotatable bonds is 4. The van der Waals surface area contributed by atoms with Gasteiger partial charge in [0.05, 0.1) is 6.54 Å². The Morgan fingerprint density at radius 1 is 1.21 bits per heavy atom. The molecule has 6 heteroatoms. The Labute approximate surface area is 147 Å². The fourth-order valence-electron chi connectivity index (χ4n) is 2.88. The number of halogens is 2. The van der Waals surface area contributed by atoms with Crippen molar-refractivity contribution in [1.82, 2.24) is 10.2 Å². The third-order valence-corrected chi connectivity index (χ3v) is 3.99. The van der Waals surface area contributed by atoms with Gasteiger partial charge in [-0.3, -0.25) is 9.69 Å². The van der Waals surface area contributed by atoms with Crippen LogP contribution < -0.4 is 10.6 Å². The Kier molecular flexibility index (Phi) is 6.73. The average molecular weight is 350 g/mol. The maximum Gasteiger partial charge on any atom is 0.238 e. The van der Waals surface area contributed by atoms with Gasteiger partial charge in [0.25, 0.3) is 0 Å². The molecule has 0 aromatic heterocycles. The number of para-hydroxylation sites is 1. The van der Waals surface area contributed by atoms with E-state index in [0.29, 0.717) is 6.54 Å². The molecule has 128 valence electrons. The first-order chi connectivity index (χ1) is 11.2. The SMILES string of the molecule is Cl.O=C(CN1CCNCC1c1cccc(F)c1)Nc1ccccc1. The third kappa shape index (κ3) is 4.77. The van der Waals surface area contributed by atoms with E-state index in [1.807, 2.05) is 36.4 Å². The van der Waals surface area contributed by atoms with E-state index in [4.69, 9.17) is 0 Å². The van der Waals surface area contributed by atoms with Gasteiger partial charge in [-0.2, -0.15) is 0 Å². The van der Waals surface area contributed by atoms with Gasteiger partial charge in [0.1, 0.15) is 5.82 Å². The normalized spacial score (nSPS) is 17.8. The molecule has 0 radical (unpaired) electrons. The summed E-state index contributed by atoms with van der Waals surface area (Å²) in [5.41, 5.74) is 1.68. The minimum atomic E-state index is -0.248. The lowest BCUT2D eigenvalue weighted by molar-refractivity contribution is -0.118. The summed E-state index contributed by atoms with van der Waals surface area (Å²) in [5, 5.41) is 6.21. The monoisotopic (exact) mass is 349 g/mol. The molecule has 1 saturated heterocycles. The molecule has 1 aliphatic rings. The van der Waals surface area contributed by atoms with Crippen LogP contribution in [0.15, 0.2) is 54.6 Å². The minimum absolute atomic E-state index is 0. The number of benzene rings is 2. The van der Waals surface area contributed by atoms with E-state index in [9.17, 15) is 9.18 Å². The van der Waals surface area contributed by atoms with E-state index in [1.54, 1.807) is 12.1 Å². The molecule has 1 amide bonds. The number of nitrogens with one attached hydrogen (secondary N) is 2. The van der Waals surface area contributed by atoms with Gasteiger partial charge >= 0.3 is 0 Å². The highest BCUT2D eigenvalue weighted by molar-refractivity contribution is 5.92. The Bertz CT molecular complexity index is 668. The Morgan fingerprint density at radius 2 is 2.00 bits per heavy atom. The molecule has 2 aromatic rings. The van der Waals surface area contributed by atoms with E-state index in [1.165, 1.54) is 6.07 Å². The maximum atomic E-state index is 13.5. The van der Waals surface area contributed by atoms with E-state index in [2.05, 4.69) is 15.5 Å². The molecule has 0 aliphatic carbocycles. The highest BCUT2D eigenvalue weighted by Gasteiger charge is 2.25. The zero-order valence-electron chi connectivity index (χ0n) is 13.2. The number of carbonyl (C=O) groups is 1. The summed E-state index contributed by atoms with van der Waals surface area (Å²) in [6.45, 7) is 2.58. The van der Waals surface area contributed by atoms with E-state index in [0.717, 1.165) is 24.3 Å². The van der Waals surface area contributed by atoms with Crippen LogP contribution in [-0.2, 0) is 4.79 Å². The van der Waals surface area contributed by atoms with Crippen LogP contribution in [0.2, 0.25) is 0 Å². The standard InChI is InChI=1S/C18H20FN3O.ClH/c19-15-6-4-5-14(11-15)17-12-20-9-10-22(17)13-18(23)21-16-7-2-1-3-8-16;/h1-8,11,17,20H,9-10,12-13H2,(H,21,23);1H. The summed E-state index contributed by atoms with van der Waals surface area (Å²) >= 11 is 0. The van der Waals surface area contributed by atoms with Gasteiger partial charge in [-0.05, 0) is 29.8 Å². The molecule has 2 N–H and O–H groups in total. The summed E-state index contributed by atoms with van der Waals surface area (Å²) < 4.78 is 13.5. The van der Waals surface area contributed by atoms with Gasteiger partial charge in [0.2, 0.25) is 5.91 Å². The lowest BCUT2D eigenvalue weighted by Crippen LogP contribution is -2.48. The van der Waals surface area contributed by atoms with E-state index in [-0.39, 0.29) is 36.7 Å². The van der Waals surface area contributed by atoms with Gasteiger partial charge < -0.3 is 10.6 Å². The van der Waals surface area contributed by atoms with Crippen LogP contribution in [0.5, 0.6) is 0 Å². The molecule has 1 aliphatic heterocycles. The Balaban J connectivity index is 0.00000208. The zero-order valence-corrected chi connectivity index (χ0v) is 14.1. The lowest BCUT2D eigenvalue weighted by atomic mass is 10.0. The van der Waals surface area contributed by atoms with E-state index >= 15 is 0 Å². The molecule has 4 nitrogen and oxygen atoms in total. The number of piperazine rings is 1. The predicted molar refractivity (Wildman–Crippen MR) is 95.9 cm³/mol. The molecular weight excluding hydrogens is 329 g/mol. The van der Waals surface area contributed by atoms with Crippen molar-refractivity contribution in [1.29, 1.82) is 0 Å². The van der Waals surface area contributed by atoms with Crippen molar-refractivity contribution in [3.63, 3.8) is 0 Å². The summed E-state index contributed by atoms with van der Waals surface area (Å²) in [5.74, 6) is -0.304. The summed E-state index contributed by atoms with van der Waals surface area (Å²) in [6, 6.07) is 16.0. The second-order valence-electron chi connectivity index (χ2n) is 5.66. The topological polar surface area (TPSA) is 44.4 Å².